The Bertz CT molecular complexity index is 652. The molecule has 0 amide bonds. The molecule has 1 fully saturated rings. The molecule has 1 aromatic heterocycles. The lowest BCUT2D eigenvalue weighted by Gasteiger charge is -2.37. The predicted octanol–water partition coefficient (Wildman–Crippen LogP) is 3.20. The molecule has 0 aliphatic carbocycles. The van der Waals surface area contributed by atoms with Crippen LogP contribution in [0.1, 0.15) is 24.0 Å². The SMILES string of the molecule is Cc1ccc(C2(Oc3ccc(N)cn3)CCOCC2)cc1F. The minimum atomic E-state index is -0.615. The average molecular weight is 302 g/mol. The van der Waals surface area contributed by atoms with Crippen LogP contribution in [0, 0.1) is 12.7 Å². The van der Waals surface area contributed by atoms with E-state index in [0.29, 0.717) is 43.2 Å². The van der Waals surface area contributed by atoms with Crippen molar-refractivity contribution in [2.75, 3.05) is 18.9 Å². The van der Waals surface area contributed by atoms with Gasteiger partial charge < -0.3 is 15.2 Å². The number of hydrogen-bond donors (Lipinski definition) is 1. The van der Waals surface area contributed by atoms with Crippen molar-refractivity contribution in [3.63, 3.8) is 0 Å². The van der Waals surface area contributed by atoms with Crippen LogP contribution in [0.4, 0.5) is 10.1 Å². The van der Waals surface area contributed by atoms with Crippen molar-refractivity contribution < 1.29 is 13.9 Å². The van der Waals surface area contributed by atoms with Crippen molar-refractivity contribution in [3.05, 3.63) is 53.5 Å². The molecular formula is C17H19FN2O2. The van der Waals surface area contributed by atoms with Crippen molar-refractivity contribution >= 4 is 5.69 Å². The molecule has 1 aromatic carbocycles. The summed E-state index contributed by atoms with van der Waals surface area (Å²) in [4.78, 5) is 4.20. The third-order valence-electron chi connectivity index (χ3n) is 4.06. The van der Waals surface area contributed by atoms with Crippen LogP contribution in [0.5, 0.6) is 5.88 Å². The quantitative estimate of drug-likeness (QED) is 0.946. The number of pyridine rings is 1. The fraction of sp³-hybridized carbons (Fsp3) is 0.353. The summed E-state index contributed by atoms with van der Waals surface area (Å²) in [5.74, 6) is 0.259. The molecule has 1 aliphatic heterocycles. The zero-order valence-corrected chi connectivity index (χ0v) is 12.5. The van der Waals surface area contributed by atoms with Gasteiger partial charge in [0, 0.05) is 18.9 Å². The first-order valence-corrected chi connectivity index (χ1v) is 7.34. The molecule has 2 N–H and O–H groups in total. The number of nitrogens with zero attached hydrogens (tertiary/aromatic N) is 1. The highest BCUT2D eigenvalue weighted by Gasteiger charge is 2.37. The van der Waals surface area contributed by atoms with Crippen molar-refractivity contribution in [3.8, 4) is 5.88 Å². The Labute approximate surface area is 129 Å². The summed E-state index contributed by atoms with van der Waals surface area (Å²) >= 11 is 0. The van der Waals surface area contributed by atoms with Gasteiger partial charge >= 0.3 is 0 Å². The second-order valence-electron chi connectivity index (χ2n) is 5.60. The highest BCUT2D eigenvalue weighted by atomic mass is 19.1. The number of anilines is 1. The van der Waals surface area contributed by atoms with Crippen LogP contribution >= 0.6 is 0 Å². The number of nitrogens with two attached hydrogens (primary N) is 1. The van der Waals surface area contributed by atoms with E-state index in [1.165, 1.54) is 0 Å². The standard InChI is InChI=1S/C17H19FN2O2/c1-12-2-3-13(10-15(12)18)17(6-8-21-9-7-17)22-16-5-4-14(19)11-20-16/h2-5,10-11H,6-9,19H2,1H3. The molecule has 4 nitrogen and oxygen atoms in total. The Morgan fingerprint density at radius 1 is 1.23 bits per heavy atom. The molecule has 2 heterocycles. The van der Waals surface area contributed by atoms with Crippen molar-refractivity contribution in [2.24, 2.45) is 0 Å². The molecule has 0 saturated carbocycles. The maximum Gasteiger partial charge on any atom is 0.214 e. The smallest absolute Gasteiger partial charge is 0.214 e. The van der Waals surface area contributed by atoms with Crippen molar-refractivity contribution in [1.29, 1.82) is 0 Å². The van der Waals surface area contributed by atoms with Gasteiger partial charge in [0.2, 0.25) is 5.88 Å². The van der Waals surface area contributed by atoms with Crippen LogP contribution < -0.4 is 10.5 Å². The minimum Gasteiger partial charge on any atom is -0.466 e. The van der Waals surface area contributed by atoms with Crippen LogP contribution in [0.2, 0.25) is 0 Å². The summed E-state index contributed by atoms with van der Waals surface area (Å²) in [5.41, 5.74) is 7.06. The second-order valence-corrected chi connectivity index (χ2v) is 5.60. The van der Waals surface area contributed by atoms with Gasteiger partial charge in [-0.2, -0.15) is 0 Å². The number of hydrogen-bond acceptors (Lipinski definition) is 4. The number of nitrogen functional groups attached to an aromatic ring is 1. The van der Waals surface area contributed by atoms with Gasteiger partial charge in [-0.3, -0.25) is 0 Å². The molecule has 1 saturated heterocycles. The lowest BCUT2D eigenvalue weighted by molar-refractivity contribution is -0.0525. The number of benzene rings is 1. The molecule has 2 aromatic rings. The van der Waals surface area contributed by atoms with E-state index in [9.17, 15) is 4.39 Å². The fourth-order valence-corrected chi connectivity index (χ4v) is 2.68. The molecule has 3 rings (SSSR count). The first kappa shape index (κ1) is 14.8. The van der Waals surface area contributed by atoms with Crippen LogP contribution in [-0.4, -0.2) is 18.2 Å². The van der Waals surface area contributed by atoms with Gasteiger partial charge in [-0.05, 0) is 30.2 Å². The topological polar surface area (TPSA) is 57.4 Å². The Morgan fingerprint density at radius 2 is 2.00 bits per heavy atom. The lowest BCUT2D eigenvalue weighted by Crippen LogP contribution is -2.39. The lowest BCUT2D eigenvalue weighted by atomic mass is 9.85. The van der Waals surface area contributed by atoms with Gasteiger partial charge in [-0.1, -0.05) is 12.1 Å². The number of ether oxygens (including phenoxy) is 2. The van der Waals surface area contributed by atoms with Crippen LogP contribution in [0.3, 0.4) is 0 Å². The zero-order chi connectivity index (χ0) is 15.6. The Hall–Kier alpha value is -2.14. The third-order valence-corrected chi connectivity index (χ3v) is 4.06. The molecule has 1 aliphatic rings. The molecule has 0 radical (unpaired) electrons. The van der Waals surface area contributed by atoms with E-state index in [1.54, 1.807) is 37.4 Å². The molecule has 22 heavy (non-hydrogen) atoms. The number of halogens is 1. The first-order chi connectivity index (χ1) is 10.6. The molecule has 5 heteroatoms. The van der Waals surface area contributed by atoms with Gasteiger partial charge in [0.05, 0.1) is 25.1 Å². The molecule has 116 valence electrons. The van der Waals surface area contributed by atoms with E-state index in [-0.39, 0.29) is 5.82 Å². The van der Waals surface area contributed by atoms with E-state index < -0.39 is 5.60 Å². The molecule has 0 atom stereocenters. The van der Waals surface area contributed by atoms with Crippen LogP contribution in [0.15, 0.2) is 36.5 Å². The van der Waals surface area contributed by atoms with E-state index in [1.807, 2.05) is 6.07 Å². The highest BCUT2D eigenvalue weighted by Crippen LogP contribution is 2.37. The van der Waals surface area contributed by atoms with Crippen LogP contribution in [-0.2, 0) is 10.3 Å². The van der Waals surface area contributed by atoms with E-state index >= 15 is 0 Å². The maximum absolute atomic E-state index is 14.0. The largest absolute Gasteiger partial charge is 0.466 e. The summed E-state index contributed by atoms with van der Waals surface area (Å²) in [6.07, 6.45) is 2.86. The number of rotatable bonds is 3. The maximum atomic E-state index is 14.0. The van der Waals surface area contributed by atoms with Gasteiger partial charge in [-0.15, -0.1) is 0 Å². The first-order valence-electron chi connectivity index (χ1n) is 7.34. The van der Waals surface area contributed by atoms with Crippen LogP contribution in [0.25, 0.3) is 0 Å². The van der Waals surface area contributed by atoms with E-state index in [4.69, 9.17) is 15.2 Å². The fourth-order valence-electron chi connectivity index (χ4n) is 2.68. The molecule has 0 bridgehead atoms. The Morgan fingerprint density at radius 3 is 2.64 bits per heavy atom. The summed E-state index contributed by atoms with van der Waals surface area (Å²) in [7, 11) is 0. The van der Waals surface area contributed by atoms with Gasteiger partial charge in [0.15, 0.2) is 0 Å². The molecular weight excluding hydrogens is 283 g/mol. The average Bonchev–Trinajstić information content (AvgIpc) is 2.53. The predicted molar refractivity (Wildman–Crippen MR) is 82.1 cm³/mol. The van der Waals surface area contributed by atoms with Gasteiger partial charge in [-0.25, -0.2) is 9.37 Å². The number of aryl methyl sites for hydroxylation is 1. The van der Waals surface area contributed by atoms with Gasteiger partial charge in [0.1, 0.15) is 11.4 Å². The minimum absolute atomic E-state index is 0.225. The number of aromatic nitrogens is 1. The molecule has 0 spiro atoms. The van der Waals surface area contributed by atoms with E-state index in [0.717, 1.165) is 5.56 Å². The van der Waals surface area contributed by atoms with Crippen molar-refractivity contribution in [1.82, 2.24) is 4.98 Å². The summed E-state index contributed by atoms with van der Waals surface area (Å²) in [5, 5.41) is 0. The van der Waals surface area contributed by atoms with E-state index in [2.05, 4.69) is 4.98 Å². The molecule has 0 unspecified atom stereocenters. The monoisotopic (exact) mass is 302 g/mol. The Balaban J connectivity index is 1.96. The summed E-state index contributed by atoms with van der Waals surface area (Å²) < 4.78 is 25.6. The Kier molecular flexibility index (Phi) is 3.98. The third kappa shape index (κ3) is 2.90. The summed E-state index contributed by atoms with van der Waals surface area (Å²) in [6, 6.07) is 8.73. The van der Waals surface area contributed by atoms with Crippen molar-refractivity contribution in [2.45, 2.75) is 25.4 Å². The normalized spacial score (nSPS) is 17.2. The van der Waals surface area contributed by atoms with Gasteiger partial charge in [0.25, 0.3) is 0 Å². The second kappa shape index (κ2) is 5.93. The highest BCUT2D eigenvalue weighted by molar-refractivity contribution is 5.37. The zero-order valence-electron chi connectivity index (χ0n) is 12.5. The summed E-state index contributed by atoms with van der Waals surface area (Å²) in [6.45, 7) is 2.90.